The monoisotopic (exact) mass is 408 g/mol. The number of aromatic nitrogens is 2. The summed E-state index contributed by atoms with van der Waals surface area (Å²) in [5, 5.41) is 18.4. The lowest BCUT2D eigenvalue weighted by Crippen LogP contribution is -2.26. The number of carbonyl (C=O) groups is 2. The Morgan fingerprint density at radius 3 is 2.63 bits per heavy atom. The van der Waals surface area contributed by atoms with E-state index in [1.165, 1.54) is 24.3 Å². The van der Waals surface area contributed by atoms with Crippen molar-refractivity contribution in [3.05, 3.63) is 70.1 Å². The Labute approximate surface area is 170 Å². The number of amides is 1. The summed E-state index contributed by atoms with van der Waals surface area (Å²) in [7, 11) is 0. The first-order valence-electron chi connectivity index (χ1n) is 9.16. The molecule has 30 heavy (non-hydrogen) atoms. The van der Waals surface area contributed by atoms with Gasteiger partial charge in [0.2, 0.25) is 11.8 Å². The maximum absolute atomic E-state index is 12.6. The first-order valence-corrected chi connectivity index (χ1v) is 9.16. The second-order valence-corrected chi connectivity index (χ2v) is 6.55. The van der Waals surface area contributed by atoms with E-state index in [1.807, 2.05) is 0 Å². The fourth-order valence-electron chi connectivity index (χ4n) is 3.14. The minimum absolute atomic E-state index is 0.0279. The molecule has 0 spiro atoms. The van der Waals surface area contributed by atoms with Crippen molar-refractivity contribution >= 4 is 23.3 Å². The summed E-state index contributed by atoms with van der Waals surface area (Å²) in [5.74, 6) is -0.411. The van der Waals surface area contributed by atoms with Gasteiger partial charge in [0.25, 0.3) is 11.6 Å². The Balaban J connectivity index is 1.44. The van der Waals surface area contributed by atoms with E-state index in [-0.39, 0.29) is 35.5 Å². The van der Waals surface area contributed by atoms with Gasteiger partial charge in [-0.2, -0.15) is 0 Å². The first-order chi connectivity index (χ1) is 14.5. The molecule has 1 amide bonds. The number of hydrogen-bond acceptors (Lipinski definition) is 8. The number of ether oxygens (including phenoxy) is 1. The van der Waals surface area contributed by atoms with Gasteiger partial charge in [-0.15, -0.1) is 10.2 Å². The highest BCUT2D eigenvalue weighted by atomic mass is 16.6. The number of rotatable bonds is 6. The quantitative estimate of drug-likeness (QED) is 0.346. The molecule has 1 aliphatic heterocycles. The Morgan fingerprint density at radius 1 is 1.17 bits per heavy atom. The van der Waals surface area contributed by atoms with Gasteiger partial charge in [-0.05, 0) is 30.7 Å². The van der Waals surface area contributed by atoms with Gasteiger partial charge in [0.05, 0.1) is 16.2 Å². The van der Waals surface area contributed by atoms with E-state index >= 15 is 0 Å². The Morgan fingerprint density at radius 2 is 1.93 bits per heavy atom. The summed E-state index contributed by atoms with van der Waals surface area (Å²) in [6, 6.07) is 12.4. The molecule has 0 N–H and O–H groups in total. The normalized spacial score (nSPS) is 13.5. The molecular weight excluding hydrogens is 392 g/mol. The lowest BCUT2D eigenvalue weighted by atomic mass is 10.1. The van der Waals surface area contributed by atoms with Crippen LogP contribution in [0, 0.1) is 10.1 Å². The van der Waals surface area contributed by atoms with E-state index < -0.39 is 10.9 Å². The van der Waals surface area contributed by atoms with Crippen LogP contribution in [0.25, 0.3) is 11.5 Å². The fourth-order valence-corrected chi connectivity index (χ4v) is 3.14. The van der Waals surface area contributed by atoms with Crippen molar-refractivity contribution in [2.45, 2.75) is 19.4 Å². The summed E-state index contributed by atoms with van der Waals surface area (Å²) in [6.45, 7) is 0.312. The van der Waals surface area contributed by atoms with Gasteiger partial charge >= 0.3 is 5.97 Å². The van der Waals surface area contributed by atoms with Crippen molar-refractivity contribution in [3.63, 3.8) is 0 Å². The highest BCUT2D eigenvalue weighted by Gasteiger charge is 2.26. The smallest absolute Gasteiger partial charge is 0.340 e. The molecule has 2 aromatic carbocycles. The third kappa shape index (κ3) is 3.88. The van der Waals surface area contributed by atoms with Crippen molar-refractivity contribution in [1.29, 1.82) is 0 Å². The van der Waals surface area contributed by atoms with Gasteiger partial charge in [0.15, 0.2) is 6.61 Å². The van der Waals surface area contributed by atoms with Crippen molar-refractivity contribution in [3.8, 4) is 11.5 Å². The molecule has 1 saturated heterocycles. The second kappa shape index (κ2) is 8.11. The van der Waals surface area contributed by atoms with Gasteiger partial charge in [-0.25, -0.2) is 4.79 Å². The van der Waals surface area contributed by atoms with Gasteiger partial charge in [0.1, 0.15) is 0 Å². The highest BCUT2D eigenvalue weighted by molar-refractivity contribution is 6.03. The summed E-state index contributed by atoms with van der Waals surface area (Å²) in [4.78, 5) is 36.4. The number of nitro benzene ring substituents is 1. The predicted octanol–water partition coefficient (Wildman–Crippen LogP) is 3.13. The van der Waals surface area contributed by atoms with Crippen LogP contribution in [0.5, 0.6) is 0 Å². The van der Waals surface area contributed by atoms with E-state index in [0.717, 1.165) is 6.42 Å². The number of hydrogen-bond donors (Lipinski definition) is 0. The molecule has 0 radical (unpaired) electrons. The number of anilines is 1. The molecule has 0 atom stereocenters. The lowest BCUT2D eigenvalue weighted by molar-refractivity contribution is -0.384. The summed E-state index contributed by atoms with van der Waals surface area (Å²) in [6.07, 6.45) is 1.20. The maximum Gasteiger partial charge on any atom is 0.340 e. The van der Waals surface area contributed by atoms with E-state index in [0.29, 0.717) is 24.2 Å². The molecule has 3 aromatic rings. The molecule has 0 aliphatic carbocycles. The third-order valence-corrected chi connectivity index (χ3v) is 4.61. The Hall–Kier alpha value is -4.08. The second-order valence-electron chi connectivity index (χ2n) is 6.55. The predicted molar refractivity (Wildman–Crippen MR) is 104 cm³/mol. The van der Waals surface area contributed by atoms with Gasteiger partial charge < -0.3 is 14.1 Å². The molecule has 1 aliphatic rings. The summed E-state index contributed by atoms with van der Waals surface area (Å²) >= 11 is 0. The molecule has 0 bridgehead atoms. The topological polar surface area (TPSA) is 129 Å². The zero-order chi connectivity index (χ0) is 21.1. The number of nitrogens with zero attached hydrogens (tertiary/aromatic N) is 4. The van der Waals surface area contributed by atoms with Crippen molar-refractivity contribution in [2.75, 3.05) is 11.4 Å². The summed E-state index contributed by atoms with van der Waals surface area (Å²) in [5.41, 5.74) is 1.25. The number of nitro groups is 1. The minimum Gasteiger partial charge on any atom is -0.452 e. The van der Waals surface area contributed by atoms with Crippen LogP contribution in [-0.4, -0.2) is 33.5 Å². The Bertz CT molecular complexity index is 1110. The Kier molecular flexibility index (Phi) is 5.21. The average Bonchev–Trinajstić information content (AvgIpc) is 3.41. The van der Waals surface area contributed by atoms with Crippen LogP contribution in [0.2, 0.25) is 0 Å². The number of para-hydroxylation sites is 1. The molecule has 152 valence electrons. The molecule has 2 heterocycles. The van der Waals surface area contributed by atoms with Crippen molar-refractivity contribution < 1.29 is 23.7 Å². The van der Waals surface area contributed by atoms with E-state index in [4.69, 9.17) is 9.15 Å². The largest absolute Gasteiger partial charge is 0.452 e. The van der Waals surface area contributed by atoms with Crippen molar-refractivity contribution in [1.82, 2.24) is 10.2 Å². The molecule has 1 aromatic heterocycles. The van der Waals surface area contributed by atoms with Crippen LogP contribution in [-0.2, 0) is 16.1 Å². The van der Waals surface area contributed by atoms with E-state index in [9.17, 15) is 19.7 Å². The zero-order valence-electron chi connectivity index (χ0n) is 15.7. The minimum atomic E-state index is -0.611. The first kappa shape index (κ1) is 19.2. The molecule has 4 rings (SSSR count). The van der Waals surface area contributed by atoms with Crippen LogP contribution in [0.1, 0.15) is 29.1 Å². The number of esters is 1. The molecule has 10 heteroatoms. The molecule has 0 saturated carbocycles. The zero-order valence-corrected chi connectivity index (χ0v) is 15.7. The molecule has 1 fully saturated rings. The van der Waals surface area contributed by atoms with E-state index in [2.05, 4.69) is 10.2 Å². The van der Waals surface area contributed by atoms with E-state index in [1.54, 1.807) is 29.2 Å². The van der Waals surface area contributed by atoms with Crippen LogP contribution in [0.4, 0.5) is 11.4 Å². The summed E-state index contributed by atoms with van der Waals surface area (Å²) < 4.78 is 10.8. The van der Waals surface area contributed by atoms with Gasteiger partial charge in [-0.3, -0.25) is 14.9 Å². The molecular formula is C20H16N4O6. The SMILES string of the molecule is O=C(OCc1nnc(-c2ccc([N+](=O)[O-])cc2)o1)c1ccccc1N1CCCC1=O. The standard InChI is InChI=1S/C20H16N4O6/c25-18-6-3-11-23(18)16-5-2-1-4-15(16)20(26)29-12-17-21-22-19(30-17)13-7-9-14(10-8-13)24(27)28/h1-2,4-5,7-10H,3,6,11-12H2. The van der Waals surface area contributed by atoms with Gasteiger partial charge in [0, 0.05) is 30.7 Å². The van der Waals surface area contributed by atoms with Crippen molar-refractivity contribution in [2.24, 2.45) is 0 Å². The maximum atomic E-state index is 12.6. The van der Waals surface area contributed by atoms with Crippen LogP contribution in [0.15, 0.2) is 52.9 Å². The van der Waals surface area contributed by atoms with Crippen LogP contribution in [0.3, 0.4) is 0 Å². The van der Waals surface area contributed by atoms with Crippen LogP contribution < -0.4 is 4.90 Å². The fraction of sp³-hybridized carbons (Fsp3) is 0.200. The molecule has 0 unspecified atom stereocenters. The molecule has 10 nitrogen and oxygen atoms in total. The van der Waals surface area contributed by atoms with Crippen LogP contribution >= 0.6 is 0 Å². The third-order valence-electron chi connectivity index (χ3n) is 4.61. The average molecular weight is 408 g/mol. The number of benzene rings is 2. The number of carbonyl (C=O) groups excluding carboxylic acids is 2. The number of non-ortho nitro benzene ring substituents is 1. The lowest BCUT2D eigenvalue weighted by Gasteiger charge is -2.18. The highest BCUT2D eigenvalue weighted by Crippen LogP contribution is 2.26. The van der Waals surface area contributed by atoms with Gasteiger partial charge in [-0.1, -0.05) is 12.1 Å².